The zero-order chi connectivity index (χ0) is 23.4. The van der Waals surface area contributed by atoms with E-state index >= 15 is 0 Å². The zero-order valence-corrected chi connectivity index (χ0v) is 19.3. The molecule has 2 aromatic carbocycles. The minimum Gasteiger partial charge on any atom is -0.447 e. The number of nitriles is 1. The van der Waals surface area contributed by atoms with Crippen LogP contribution in [0.2, 0.25) is 0 Å². The summed E-state index contributed by atoms with van der Waals surface area (Å²) >= 11 is 0. The fourth-order valence-electron chi connectivity index (χ4n) is 3.53. The summed E-state index contributed by atoms with van der Waals surface area (Å²) in [7, 11) is 0. The van der Waals surface area contributed by atoms with E-state index in [1.807, 2.05) is 32.0 Å². The van der Waals surface area contributed by atoms with Crippen molar-refractivity contribution in [3.63, 3.8) is 0 Å². The van der Waals surface area contributed by atoms with Crippen LogP contribution in [0.3, 0.4) is 0 Å². The summed E-state index contributed by atoms with van der Waals surface area (Å²) in [6.45, 7) is 8.52. The highest BCUT2D eigenvalue weighted by molar-refractivity contribution is 5.84. The smallest absolute Gasteiger partial charge is 0.411 e. The highest BCUT2D eigenvalue weighted by Crippen LogP contribution is 2.40. The van der Waals surface area contributed by atoms with Crippen molar-refractivity contribution in [3.05, 3.63) is 65.7 Å². The number of benzene rings is 2. The van der Waals surface area contributed by atoms with Crippen molar-refractivity contribution in [2.75, 3.05) is 18.5 Å². The van der Waals surface area contributed by atoms with Crippen LogP contribution >= 0.6 is 0 Å². The van der Waals surface area contributed by atoms with Gasteiger partial charge in [0.25, 0.3) is 6.26 Å². The van der Waals surface area contributed by atoms with Crippen LogP contribution in [0, 0.1) is 11.5 Å². The summed E-state index contributed by atoms with van der Waals surface area (Å²) in [5.41, 5.74) is 3.84. The number of carbonyl (C=O) groups excluding carboxylic acids is 1. The van der Waals surface area contributed by atoms with Crippen molar-refractivity contribution in [2.45, 2.75) is 52.6 Å². The molecular formula is C26H32N2O4. The second kappa shape index (κ2) is 12.5. The van der Waals surface area contributed by atoms with Gasteiger partial charge in [-0.3, -0.25) is 5.32 Å². The molecule has 0 heterocycles. The topological polar surface area (TPSA) is 80.6 Å². The first-order valence-corrected chi connectivity index (χ1v) is 11.0. The SMILES string of the molecule is CC.CC(C)(OCCOC(=O)Nc1cccc(OC#N)c1)C(=C1CCC1)c1ccccc1. The predicted octanol–water partition coefficient (Wildman–Crippen LogP) is 6.55. The van der Waals surface area contributed by atoms with Crippen LogP contribution in [0.15, 0.2) is 60.2 Å². The third-order valence-corrected chi connectivity index (χ3v) is 5.00. The van der Waals surface area contributed by atoms with Crippen LogP contribution in [-0.2, 0) is 9.47 Å². The van der Waals surface area contributed by atoms with E-state index in [-0.39, 0.29) is 13.2 Å². The first-order valence-electron chi connectivity index (χ1n) is 11.0. The largest absolute Gasteiger partial charge is 0.447 e. The molecule has 0 bridgehead atoms. The van der Waals surface area contributed by atoms with Crippen molar-refractivity contribution in [1.82, 2.24) is 0 Å². The van der Waals surface area contributed by atoms with Gasteiger partial charge >= 0.3 is 6.09 Å². The Kier molecular flexibility index (Phi) is 9.77. The van der Waals surface area contributed by atoms with Crippen LogP contribution in [0.5, 0.6) is 5.75 Å². The van der Waals surface area contributed by atoms with Gasteiger partial charge in [-0.2, -0.15) is 0 Å². The van der Waals surface area contributed by atoms with E-state index in [0.717, 1.165) is 12.8 Å². The molecule has 0 aromatic heterocycles. The Balaban J connectivity index is 0.00000176. The molecule has 6 heteroatoms. The fourth-order valence-corrected chi connectivity index (χ4v) is 3.53. The number of ether oxygens (including phenoxy) is 3. The van der Waals surface area contributed by atoms with Gasteiger partial charge in [0, 0.05) is 11.8 Å². The van der Waals surface area contributed by atoms with Crippen molar-refractivity contribution < 1.29 is 19.0 Å². The summed E-state index contributed by atoms with van der Waals surface area (Å²) in [5.74, 6) is 0.345. The number of anilines is 1. The maximum atomic E-state index is 12.0. The van der Waals surface area contributed by atoms with Crippen LogP contribution in [0.25, 0.3) is 5.57 Å². The van der Waals surface area contributed by atoms with E-state index in [2.05, 4.69) is 31.3 Å². The standard InChI is InChI=1S/C24H26N2O4.C2H6/c1-24(2,22(19-10-6-11-19)18-8-4-3-5-9-18)30-15-14-28-23(27)26-20-12-7-13-21(16-20)29-17-25;1-2/h3-5,7-9,12-13,16H,6,10-11,14-15H2,1-2H3,(H,26,27);1-2H3. The van der Waals surface area contributed by atoms with Crippen LogP contribution < -0.4 is 10.1 Å². The lowest BCUT2D eigenvalue weighted by Crippen LogP contribution is -2.30. The van der Waals surface area contributed by atoms with Gasteiger partial charge in [0.15, 0.2) is 0 Å². The minimum atomic E-state index is -0.592. The molecular weight excluding hydrogens is 404 g/mol. The van der Waals surface area contributed by atoms with Gasteiger partial charge in [-0.15, -0.1) is 5.26 Å². The normalized spacial score (nSPS) is 12.4. The molecule has 1 aliphatic rings. The average Bonchev–Trinajstić information content (AvgIpc) is 2.76. The highest BCUT2D eigenvalue weighted by atomic mass is 16.6. The Morgan fingerprint density at radius 2 is 1.78 bits per heavy atom. The van der Waals surface area contributed by atoms with Crippen molar-refractivity contribution in [1.29, 1.82) is 5.26 Å². The molecule has 1 aliphatic carbocycles. The molecule has 0 radical (unpaired) electrons. The summed E-state index contributed by atoms with van der Waals surface area (Å²) in [6, 6.07) is 16.8. The molecule has 1 fully saturated rings. The van der Waals surface area contributed by atoms with Gasteiger partial charge in [-0.1, -0.05) is 55.8 Å². The number of hydrogen-bond acceptors (Lipinski definition) is 5. The molecule has 3 rings (SSSR count). The molecule has 1 N–H and O–H groups in total. The first-order chi connectivity index (χ1) is 15.5. The van der Waals surface area contributed by atoms with Crippen LogP contribution in [-0.4, -0.2) is 24.9 Å². The lowest BCUT2D eigenvalue weighted by Gasteiger charge is -2.34. The van der Waals surface area contributed by atoms with Gasteiger partial charge < -0.3 is 14.2 Å². The second-order valence-electron chi connectivity index (χ2n) is 7.54. The lowest BCUT2D eigenvalue weighted by molar-refractivity contribution is 0.00263. The quantitative estimate of drug-likeness (QED) is 0.375. The van der Waals surface area contributed by atoms with Gasteiger partial charge in [0.2, 0.25) is 0 Å². The Hall–Kier alpha value is -3.30. The molecule has 0 aliphatic heterocycles. The maximum Gasteiger partial charge on any atom is 0.411 e. The zero-order valence-electron chi connectivity index (χ0n) is 19.3. The summed E-state index contributed by atoms with van der Waals surface area (Å²) in [5, 5.41) is 11.2. The second-order valence-corrected chi connectivity index (χ2v) is 7.54. The van der Waals surface area contributed by atoms with E-state index in [1.165, 1.54) is 23.1 Å². The predicted molar refractivity (Wildman–Crippen MR) is 126 cm³/mol. The summed E-state index contributed by atoms with van der Waals surface area (Å²) in [4.78, 5) is 12.0. The van der Waals surface area contributed by atoms with Gasteiger partial charge in [0.1, 0.15) is 12.4 Å². The molecule has 1 amide bonds. The number of allylic oxidation sites excluding steroid dienone is 1. The number of nitrogens with one attached hydrogen (secondary N) is 1. The van der Waals surface area contributed by atoms with Gasteiger partial charge in [0.05, 0.1) is 12.2 Å². The Morgan fingerprint density at radius 3 is 2.41 bits per heavy atom. The van der Waals surface area contributed by atoms with Gasteiger partial charge in [-0.05, 0) is 56.4 Å². The van der Waals surface area contributed by atoms with E-state index in [0.29, 0.717) is 11.4 Å². The Bertz CT molecular complexity index is 940. The van der Waals surface area contributed by atoms with E-state index < -0.39 is 11.7 Å². The van der Waals surface area contributed by atoms with E-state index in [1.54, 1.807) is 30.5 Å². The van der Waals surface area contributed by atoms with Crippen molar-refractivity contribution >= 4 is 17.4 Å². The lowest BCUT2D eigenvalue weighted by atomic mass is 9.78. The molecule has 170 valence electrons. The molecule has 0 atom stereocenters. The fraction of sp³-hybridized carbons (Fsp3) is 0.385. The number of nitrogens with zero attached hydrogens (tertiary/aromatic N) is 1. The van der Waals surface area contributed by atoms with Crippen molar-refractivity contribution in [3.8, 4) is 12.0 Å². The monoisotopic (exact) mass is 436 g/mol. The Morgan fingerprint density at radius 1 is 1.06 bits per heavy atom. The molecule has 0 unspecified atom stereocenters. The molecule has 6 nitrogen and oxygen atoms in total. The third-order valence-electron chi connectivity index (χ3n) is 5.00. The number of rotatable bonds is 8. The molecule has 0 spiro atoms. The third kappa shape index (κ3) is 7.14. The summed E-state index contributed by atoms with van der Waals surface area (Å²) in [6.07, 6.45) is 4.42. The number of amides is 1. The summed E-state index contributed by atoms with van der Waals surface area (Å²) < 4.78 is 16.1. The van der Waals surface area contributed by atoms with Gasteiger partial charge in [-0.25, -0.2) is 4.79 Å². The van der Waals surface area contributed by atoms with E-state index in [4.69, 9.17) is 19.5 Å². The molecule has 1 saturated carbocycles. The minimum absolute atomic E-state index is 0.126. The van der Waals surface area contributed by atoms with Crippen molar-refractivity contribution in [2.24, 2.45) is 0 Å². The average molecular weight is 437 g/mol. The number of carbonyl (C=O) groups is 1. The molecule has 32 heavy (non-hydrogen) atoms. The highest BCUT2D eigenvalue weighted by Gasteiger charge is 2.30. The Labute approximate surface area is 190 Å². The molecule has 0 saturated heterocycles. The first kappa shape index (κ1) is 25.0. The maximum absolute atomic E-state index is 12.0. The van der Waals surface area contributed by atoms with Crippen LogP contribution in [0.1, 0.15) is 52.5 Å². The van der Waals surface area contributed by atoms with E-state index in [9.17, 15) is 4.79 Å². The number of hydrogen-bond donors (Lipinski definition) is 1. The molecule has 2 aromatic rings. The van der Waals surface area contributed by atoms with Crippen LogP contribution in [0.4, 0.5) is 10.5 Å².